The van der Waals surface area contributed by atoms with Gasteiger partial charge in [-0.15, -0.1) is 0 Å². The van der Waals surface area contributed by atoms with Crippen LogP contribution in [-0.4, -0.2) is 29.6 Å². The number of halogens is 2. The Labute approximate surface area is 144 Å². The van der Waals surface area contributed by atoms with E-state index in [1.165, 1.54) is 7.05 Å². The highest BCUT2D eigenvalue weighted by molar-refractivity contribution is 7.89. The first-order valence-corrected chi connectivity index (χ1v) is 8.82. The van der Waals surface area contributed by atoms with Gasteiger partial charge in [-0.2, -0.15) is 9.40 Å². The van der Waals surface area contributed by atoms with Crippen molar-refractivity contribution < 1.29 is 17.2 Å². The Morgan fingerprint density at radius 3 is 2.52 bits per heavy atom. The summed E-state index contributed by atoms with van der Waals surface area (Å²) in [6, 6.07) is 11.7. The van der Waals surface area contributed by atoms with Crippen LogP contribution in [0.1, 0.15) is 5.56 Å². The summed E-state index contributed by atoms with van der Waals surface area (Å²) in [5, 5.41) is 4.19. The number of hydrogen-bond acceptors (Lipinski definition) is 3. The first kappa shape index (κ1) is 17.2. The summed E-state index contributed by atoms with van der Waals surface area (Å²) in [6.07, 6.45) is 3.24. The molecule has 0 aliphatic rings. The Morgan fingerprint density at radius 2 is 1.84 bits per heavy atom. The fourth-order valence-electron chi connectivity index (χ4n) is 2.36. The van der Waals surface area contributed by atoms with Gasteiger partial charge in [0.05, 0.1) is 11.9 Å². The molecule has 0 aliphatic heterocycles. The molecule has 0 saturated heterocycles. The van der Waals surface area contributed by atoms with Gasteiger partial charge in [0.15, 0.2) is 0 Å². The summed E-state index contributed by atoms with van der Waals surface area (Å²) in [6.45, 7) is 0.00594. The molecule has 5 nitrogen and oxygen atoms in total. The Bertz CT molecular complexity index is 988. The zero-order chi connectivity index (χ0) is 18.0. The van der Waals surface area contributed by atoms with Gasteiger partial charge < -0.3 is 0 Å². The van der Waals surface area contributed by atoms with Gasteiger partial charge in [0.1, 0.15) is 16.5 Å². The summed E-state index contributed by atoms with van der Waals surface area (Å²) < 4.78 is 54.4. The summed E-state index contributed by atoms with van der Waals surface area (Å²) in [4.78, 5) is -0.563. The fourth-order valence-corrected chi connectivity index (χ4v) is 3.56. The van der Waals surface area contributed by atoms with Crippen molar-refractivity contribution >= 4 is 10.0 Å². The molecule has 2 aromatic carbocycles. The zero-order valence-electron chi connectivity index (χ0n) is 13.3. The van der Waals surface area contributed by atoms with Gasteiger partial charge >= 0.3 is 0 Å². The van der Waals surface area contributed by atoms with Crippen LogP contribution >= 0.6 is 0 Å². The number of benzene rings is 2. The minimum absolute atomic E-state index is 0.00594. The van der Waals surface area contributed by atoms with E-state index >= 15 is 0 Å². The highest BCUT2D eigenvalue weighted by Gasteiger charge is 2.25. The zero-order valence-corrected chi connectivity index (χ0v) is 14.1. The Balaban J connectivity index is 1.82. The van der Waals surface area contributed by atoms with Crippen molar-refractivity contribution in [1.29, 1.82) is 0 Å². The maximum Gasteiger partial charge on any atom is 0.246 e. The van der Waals surface area contributed by atoms with Crippen LogP contribution in [0, 0.1) is 11.6 Å². The van der Waals surface area contributed by atoms with E-state index in [9.17, 15) is 17.2 Å². The average Bonchev–Trinajstić information content (AvgIpc) is 3.04. The van der Waals surface area contributed by atoms with Crippen LogP contribution in [0.2, 0.25) is 0 Å². The van der Waals surface area contributed by atoms with Gasteiger partial charge in [-0.1, -0.05) is 18.2 Å². The number of aromatic nitrogens is 2. The third-order valence-electron chi connectivity index (χ3n) is 3.64. The molecule has 8 heteroatoms. The topological polar surface area (TPSA) is 55.2 Å². The molecule has 0 spiro atoms. The minimum atomic E-state index is -4.09. The third kappa shape index (κ3) is 3.59. The Hall–Kier alpha value is -2.58. The smallest absolute Gasteiger partial charge is 0.241 e. The van der Waals surface area contributed by atoms with Crippen LogP contribution in [-0.2, 0) is 16.6 Å². The monoisotopic (exact) mass is 363 g/mol. The predicted molar refractivity (Wildman–Crippen MR) is 88.6 cm³/mol. The van der Waals surface area contributed by atoms with Crippen molar-refractivity contribution in [2.45, 2.75) is 11.4 Å². The van der Waals surface area contributed by atoms with Gasteiger partial charge in [-0.25, -0.2) is 21.9 Å². The van der Waals surface area contributed by atoms with E-state index in [1.807, 2.05) is 30.3 Å². The second-order valence-electron chi connectivity index (χ2n) is 5.46. The van der Waals surface area contributed by atoms with E-state index in [0.717, 1.165) is 22.1 Å². The van der Waals surface area contributed by atoms with Crippen molar-refractivity contribution in [2.24, 2.45) is 0 Å². The van der Waals surface area contributed by atoms with Crippen molar-refractivity contribution in [3.63, 3.8) is 0 Å². The molecular formula is C17H15F2N3O2S. The fraction of sp³-hybridized carbons (Fsp3) is 0.118. The van der Waals surface area contributed by atoms with Crippen LogP contribution in [0.5, 0.6) is 0 Å². The molecule has 130 valence electrons. The molecule has 3 rings (SSSR count). The molecule has 1 heterocycles. The van der Waals surface area contributed by atoms with Crippen molar-refractivity contribution in [1.82, 2.24) is 14.1 Å². The van der Waals surface area contributed by atoms with Crippen molar-refractivity contribution in [3.8, 4) is 5.69 Å². The molecule has 25 heavy (non-hydrogen) atoms. The van der Waals surface area contributed by atoms with E-state index in [-0.39, 0.29) is 6.54 Å². The molecule has 0 N–H and O–H groups in total. The largest absolute Gasteiger partial charge is 0.246 e. The lowest BCUT2D eigenvalue weighted by Gasteiger charge is -2.16. The van der Waals surface area contributed by atoms with Crippen LogP contribution in [0.4, 0.5) is 8.78 Å². The highest BCUT2D eigenvalue weighted by Crippen LogP contribution is 2.21. The molecule has 0 aliphatic carbocycles. The van der Waals surface area contributed by atoms with Crippen molar-refractivity contribution in [3.05, 3.63) is 78.1 Å². The minimum Gasteiger partial charge on any atom is -0.241 e. The van der Waals surface area contributed by atoms with E-state index in [4.69, 9.17) is 0 Å². The van der Waals surface area contributed by atoms with Crippen LogP contribution < -0.4 is 0 Å². The van der Waals surface area contributed by atoms with E-state index in [1.54, 1.807) is 17.1 Å². The predicted octanol–water partition coefficient (Wildman–Crippen LogP) is 2.97. The second kappa shape index (κ2) is 6.73. The standard InChI is InChI=1S/C17H15F2N3O2S/c1-21(25(23,24)17-8-7-14(18)9-16(17)19)11-13-10-20-22(12-13)15-5-3-2-4-6-15/h2-10,12H,11H2,1H3. The maximum absolute atomic E-state index is 13.8. The lowest BCUT2D eigenvalue weighted by Crippen LogP contribution is -2.27. The van der Waals surface area contributed by atoms with Gasteiger partial charge in [0, 0.05) is 31.4 Å². The molecule has 3 aromatic rings. The summed E-state index contributed by atoms with van der Waals surface area (Å²) in [7, 11) is -2.75. The molecule has 0 bridgehead atoms. The molecule has 0 radical (unpaired) electrons. The lowest BCUT2D eigenvalue weighted by atomic mass is 10.3. The molecular weight excluding hydrogens is 348 g/mol. The van der Waals surface area contributed by atoms with E-state index in [2.05, 4.69) is 5.10 Å². The van der Waals surface area contributed by atoms with E-state index < -0.39 is 26.6 Å². The summed E-state index contributed by atoms with van der Waals surface area (Å²) >= 11 is 0. The Morgan fingerprint density at radius 1 is 1.12 bits per heavy atom. The summed E-state index contributed by atoms with van der Waals surface area (Å²) in [5.74, 6) is -1.95. The van der Waals surface area contributed by atoms with Gasteiger partial charge in [-0.05, 0) is 24.3 Å². The van der Waals surface area contributed by atoms with Gasteiger partial charge in [-0.3, -0.25) is 0 Å². The van der Waals surface area contributed by atoms with Crippen LogP contribution in [0.3, 0.4) is 0 Å². The van der Waals surface area contributed by atoms with Crippen LogP contribution in [0.25, 0.3) is 5.69 Å². The SMILES string of the molecule is CN(Cc1cnn(-c2ccccc2)c1)S(=O)(=O)c1ccc(F)cc1F. The summed E-state index contributed by atoms with van der Waals surface area (Å²) in [5.41, 5.74) is 1.47. The Kier molecular flexibility index (Phi) is 4.65. The van der Waals surface area contributed by atoms with E-state index in [0.29, 0.717) is 11.6 Å². The van der Waals surface area contributed by atoms with Gasteiger partial charge in [0.25, 0.3) is 0 Å². The molecule has 0 atom stereocenters. The maximum atomic E-state index is 13.8. The number of hydrogen-bond donors (Lipinski definition) is 0. The van der Waals surface area contributed by atoms with Crippen molar-refractivity contribution in [2.75, 3.05) is 7.05 Å². The number of sulfonamides is 1. The second-order valence-corrected chi connectivity index (χ2v) is 7.48. The normalized spacial score (nSPS) is 11.8. The quantitative estimate of drug-likeness (QED) is 0.700. The average molecular weight is 363 g/mol. The highest BCUT2D eigenvalue weighted by atomic mass is 32.2. The third-order valence-corrected chi connectivity index (χ3v) is 5.48. The molecule has 0 saturated carbocycles. The molecule has 0 fully saturated rings. The molecule has 0 amide bonds. The number of nitrogens with zero attached hydrogens (tertiary/aromatic N) is 3. The van der Waals surface area contributed by atoms with Gasteiger partial charge in [0.2, 0.25) is 10.0 Å². The number of para-hydroxylation sites is 1. The number of rotatable bonds is 5. The molecule has 0 unspecified atom stereocenters. The lowest BCUT2D eigenvalue weighted by molar-refractivity contribution is 0.458. The first-order valence-electron chi connectivity index (χ1n) is 7.38. The van der Waals surface area contributed by atoms with Crippen LogP contribution in [0.15, 0.2) is 65.8 Å². The first-order chi connectivity index (χ1) is 11.9. The molecule has 1 aromatic heterocycles.